The van der Waals surface area contributed by atoms with E-state index in [9.17, 15) is 4.79 Å². The summed E-state index contributed by atoms with van der Waals surface area (Å²) in [5.74, 6) is 0.397. The van der Waals surface area contributed by atoms with Crippen molar-refractivity contribution in [1.82, 2.24) is 15.1 Å². The predicted molar refractivity (Wildman–Crippen MR) is 105 cm³/mol. The van der Waals surface area contributed by atoms with Crippen LogP contribution in [0.25, 0.3) is 0 Å². The van der Waals surface area contributed by atoms with E-state index in [0.29, 0.717) is 11.5 Å². The molecule has 1 aromatic heterocycles. The number of likely N-dealkylation sites (N-methyl/N-ethyl adjacent to an activating group) is 1. The zero-order chi connectivity index (χ0) is 18.5. The molecule has 0 atom stereocenters. The van der Waals surface area contributed by atoms with Gasteiger partial charge in [0.15, 0.2) is 5.69 Å². The molecule has 7 heteroatoms. The lowest BCUT2D eigenvalue weighted by atomic mass is 10.2. The normalized spacial score (nSPS) is 15.2. The fourth-order valence-electron chi connectivity index (χ4n) is 2.84. The summed E-state index contributed by atoms with van der Waals surface area (Å²) in [6.45, 7) is 8.23. The number of carbonyl (C=O) groups excluding carboxylic acids is 1. The largest absolute Gasteiger partial charge is 0.369 e. The number of hydrogen-bond donors (Lipinski definition) is 2. The lowest BCUT2D eigenvalue weighted by molar-refractivity contribution is 0.102. The van der Waals surface area contributed by atoms with E-state index in [1.165, 1.54) is 5.69 Å². The summed E-state index contributed by atoms with van der Waals surface area (Å²) in [7, 11) is 2.14. The van der Waals surface area contributed by atoms with Gasteiger partial charge in [0.1, 0.15) is 5.82 Å². The third kappa shape index (κ3) is 4.70. The van der Waals surface area contributed by atoms with Crippen molar-refractivity contribution >= 4 is 23.1 Å². The summed E-state index contributed by atoms with van der Waals surface area (Å²) in [5, 5.41) is 14.0. The molecule has 0 bridgehead atoms. The monoisotopic (exact) mass is 354 g/mol. The lowest BCUT2D eigenvalue weighted by Crippen LogP contribution is -2.44. The molecular formula is C19H26N6O. The van der Waals surface area contributed by atoms with Gasteiger partial charge in [-0.05, 0) is 57.3 Å². The summed E-state index contributed by atoms with van der Waals surface area (Å²) >= 11 is 0. The van der Waals surface area contributed by atoms with Crippen LogP contribution < -0.4 is 15.5 Å². The van der Waals surface area contributed by atoms with E-state index in [2.05, 4.69) is 37.7 Å². The summed E-state index contributed by atoms with van der Waals surface area (Å²) in [6.07, 6.45) is 0. The number of nitrogens with zero attached hydrogens (tertiary/aromatic N) is 4. The highest BCUT2D eigenvalue weighted by molar-refractivity contribution is 6.02. The number of amides is 1. The number of anilines is 3. The predicted octanol–water partition coefficient (Wildman–Crippen LogP) is 2.30. The van der Waals surface area contributed by atoms with Gasteiger partial charge in [0, 0.05) is 43.6 Å². The van der Waals surface area contributed by atoms with Gasteiger partial charge >= 0.3 is 0 Å². The second-order valence-electron chi connectivity index (χ2n) is 6.89. The van der Waals surface area contributed by atoms with Crippen LogP contribution in [-0.2, 0) is 0 Å². The standard InChI is InChI=1S/C19H26N6O/c1-14(2)20-18-9-8-17(22-23-18)19(26)21-15-4-6-16(7-5-15)25-12-10-24(3)11-13-25/h4-9,14H,10-13H2,1-3H3,(H,20,23)(H,21,26). The first-order valence-corrected chi connectivity index (χ1v) is 8.96. The third-order valence-electron chi connectivity index (χ3n) is 4.33. The molecule has 0 radical (unpaired) electrons. The maximum absolute atomic E-state index is 12.3. The van der Waals surface area contributed by atoms with Crippen molar-refractivity contribution in [1.29, 1.82) is 0 Å². The first-order chi connectivity index (χ1) is 12.5. The summed E-state index contributed by atoms with van der Waals surface area (Å²) in [6, 6.07) is 11.6. The molecule has 1 aliphatic rings. The van der Waals surface area contributed by atoms with Crippen molar-refractivity contribution < 1.29 is 4.79 Å². The Morgan fingerprint density at radius 3 is 2.27 bits per heavy atom. The molecule has 26 heavy (non-hydrogen) atoms. The first-order valence-electron chi connectivity index (χ1n) is 8.96. The number of nitrogens with one attached hydrogen (secondary N) is 2. The molecule has 7 nitrogen and oxygen atoms in total. The Morgan fingerprint density at radius 2 is 1.69 bits per heavy atom. The Balaban J connectivity index is 1.59. The third-order valence-corrected chi connectivity index (χ3v) is 4.33. The average Bonchev–Trinajstić information content (AvgIpc) is 2.63. The molecule has 0 spiro atoms. The highest BCUT2D eigenvalue weighted by atomic mass is 16.1. The first kappa shape index (κ1) is 18.1. The van der Waals surface area contributed by atoms with Crippen LogP contribution in [0.4, 0.5) is 17.2 Å². The summed E-state index contributed by atoms with van der Waals surface area (Å²) < 4.78 is 0. The van der Waals surface area contributed by atoms with Crippen molar-refractivity contribution in [2.45, 2.75) is 19.9 Å². The van der Waals surface area contributed by atoms with E-state index in [0.717, 1.165) is 31.9 Å². The van der Waals surface area contributed by atoms with E-state index in [4.69, 9.17) is 0 Å². The van der Waals surface area contributed by atoms with Gasteiger partial charge in [0.2, 0.25) is 0 Å². The minimum atomic E-state index is -0.263. The maximum atomic E-state index is 12.3. The number of benzene rings is 1. The fraction of sp³-hybridized carbons (Fsp3) is 0.421. The molecule has 1 saturated heterocycles. The number of aromatic nitrogens is 2. The van der Waals surface area contributed by atoms with Crippen molar-refractivity contribution in [3.8, 4) is 0 Å². The zero-order valence-corrected chi connectivity index (χ0v) is 15.6. The minimum absolute atomic E-state index is 0.263. The van der Waals surface area contributed by atoms with Gasteiger partial charge in [0.25, 0.3) is 5.91 Å². The van der Waals surface area contributed by atoms with Gasteiger partial charge in [-0.2, -0.15) is 0 Å². The topological polar surface area (TPSA) is 73.4 Å². The van der Waals surface area contributed by atoms with E-state index >= 15 is 0 Å². The second kappa shape index (κ2) is 8.14. The number of piperazine rings is 1. The summed E-state index contributed by atoms with van der Waals surface area (Å²) in [5.41, 5.74) is 2.22. The van der Waals surface area contributed by atoms with Gasteiger partial charge in [-0.3, -0.25) is 4.79 Å². The van der Waals surface area contributed by atoms with Crippen molar-refractivity contribution in [3.63, 3.8) is 0 Å². The maximum Gasteiger partial charge on any atom is 0.276 e. The molecule has 2 N–H and O–H groups in total. The van der Waals surface area contributed by atoms with Crippen LogP contribution in [-0.4, -0.2) is 60.3 Å². The molecule has 1 aliphatic heterocycles. The molecule has 2 heterocycles. The van der Waals surface area contributed by atoms with Gasteiger partial charge in [-0.15, -0.1) is 10.2 Å². The van der Waals surface area contributed by atoms with Crippen LogP contribution in [0.5, 0.6) is 0 Å². The Morgan fingerprint density at radius 1 is 1.00 bits per heavy atom. The van der Waals surface area contributed by atoms with Crippen LogP contribution in [0, 0.1) is 0 Å². The number of hydrogen-bond acceptors (Lipinski definition) is 6. The van der Waals surface area contributed by atoms with Gasteiger partial charge in [-0.25, -0.2) is 0 Å². The van der Waals surface area contributed by atoms with E-state index < -0.39 is 0 Å². The molecular weight excluding hydrogens is 328 g/mol. The molecule has 0 aliphatic carbocycles. The van der Waals surface area contributed by atoms with Gasteiger partial charge in [0.05, 0.1) is 0 Å². The minimum Gasteiger partial charge on any atom is -0.369 e. The fourth-order valence-corrected chi connectivity index (χ4v) is 2.84. The smallest absolute Gasteiger partial charge is 0.276 e. The summed E-state index contributed by atoms with van der Waals surface area (Å²) in [4.78, 5) is 17.0. The average molecular weight is 354 g/mol. The van der Waals surface area contributed by atoms with Gasteiger partial charge < -0.3 is 20.4 Å². The Bertz CT molecular complexity index is 721. The lowest BCUT2D eigenvalue weighted by Gasteiger charge is -2.34. The zero-order valence-electron chi connectivity index (χ0n) is 15.6. The molecule has 0 unspecified atom stereocenters. The highest BCUT2D eigenvalue weighted by Gasteiger charge is 2.14. The quantitative estimate of drug-likeness (QED) is 0.858. The molecule has 1 fully saturated rings. The highest BCUT2D eigenvalue weighted by Crippen LogP contribution is 2.19. The van der Waals surface area contributed by atoms with Crippen LogP contribution in [0.3, 0.4) is 0 Å². The van der Waals surface area contributed by atoms with E-state index in [1.54, 1.807) is 12.1 Å². The molecule has 1 aromatic carbocycles. The van der Waals surface area contributed by atoms with Gasteiger partial charge in [-0.1, -0.05) is 0 Å². The molecule has 3 rings (SSSR count). The molecule has 1 amide bonds. The van der Waals surface area contributed by atoms with Crippen LogP contribution in [0.2, 0.25) is 0 Å². The molecule has 138 valence electrons. The van der Waals surface area contributed by atoms with Crippen molar-refractivity contribution in [3.05, 3.63) is 42.1 Å². The van der Waals surface area contributed by atoms with Crippen molar-refractivity contribution in [2.24, 2.45) is 0 Å². The molecule has 2 aromatic rings. The Hall–Kier alpha value is -2.67. The van der Waals surface area contributed by atoms with Crippen LogP contribution in [0.15, 0.2) is 36.4 Å². The SMILES string of the molecule is CC(C)Nc1ccc(C(=O)Nc2ccc(N3CCN(C)CC3)cc2)nn1. The van der Waals surface area contributed by atoms with Crippen molar-refractivity contribution in [2.75, 3.05) is 48.8 Å². The second-order valence-corrected chi connectivity index (χ2v) is 6.89. The van der Waals surface area contributed by atoms with E-state index in [-0.39, 0.29) is 11.9 Å². The molecule has 0 saturated carbocycles. The number of rotatable bonds is 5. The number of carbonyl (C=O) groups is 1. The Kier molecular flexibility index (Phi) is 5.68. The van der Waals surface area contributed by atoms with Crippen LogP contribution in [0.1, 0.15) is 24.3 Å². The van der Waals surface area contributed by atoms with E-state index in [1.807, 2.05) is 38.1 Å². The van der Waals surface area contributed by atoms with Crippen LogP contribution >= 0.6 is 0 Å². The Labute approximate surface area is 154 Å².